The molecular weight excluding hydrogens is 402 g/mol. The van der Waals surface area contributed by atoms with Gasteiger partial charge in [0.2, 0.25) is 0 Å². The summed E-state index contributed by atoms with van der Waals surface area (Å²) in [5.74, 6) is 0.808. The summed E-state index contributed by atoms with van der Waals surface area (Å²) in [7, 11) is 0. The van der Waals surface area contributed by atoms with Gasteiger partial charge in [-0.1, -0.05) is 0 Å². The molecule has 21 heavy (non-hydrogen) atoms. The van der Waals surface area contributed by atoms with Crippen LogP contribution in [0.4, 0.5) is 0 Å². The fraction of sp³-hybridized carbons (Fsp3) is 0.214. The first kappa shape index (κ1) is 17.0. The highest BCUT2D eigenvalue weighted by Crippen LogP contribution is 2.43. The second kappa shape index (κ2) is 8.32. The fourth-order valence-electron chi connectivity index (χ4n) is 1.46. The summed E-state index contributed by atoms with van der Waals surface area (Å²) in [5, 5.41) is 26.3. The molecule has 106 valence electrons. The first-order valence-corrected chi connectivity index (χ1v) is 7.34. The monoisotopic (exact) mass is 409 g/mol. The number of benzene rings is 1. The molecule has 0 aliphatic rings. The van der Waals surface area contributed by atoms with Gasteiger partial charge in [0.25, 0.3) is 0 Å². The topological polar surface area (TPSA) is 89.8 Å². The number of ether oxygens (including phenoxy) is 2. The molecular formula is C14H9Br2N3O2. The van der Waals surface area contributed by atoms with E-state index in [1.54, 1.807) is 18.2 Å². The molecule has 0 heterocycles. The number of rotatable bonds is 5. The van der Waals surface area contributed by atoms with Crippen molar-refractivity contribution in [3.8, 4) is 29.7 Å². The quantitative estimate of drug-likeness (QED) is 0.685. The summed E-state index contributed by atoms with van der Waals surface area (Å²) in [4.78, 5) is 0. The third kappa shape index (κ3) is 4.23. The van der Waals surface area contributed by atoms with Crippen molar-refractivity contribution in [3.05, 3.63) is 26.1 Å². The number of nitrogens with zero attached hydrogens (tertiary/aromatic N) is 3. The molecule has 0 amide bonds. The molecule has 0 saturated carbocycles. The summed E-state index contributed by atoms with van der Waals surface area (Å²) in [6.45, 7) is 2.10. The Morgan fingerprint density at radius 1 is 1.19 bits per heavy atom. The van der Waals surface area contributed by atoms with Crippen molar-refractivity contribution in [1.82, 2.24) is 0 Å². The molecule has 0 bridgehead atoms. The van der Waals surface area contributed by atoms with E-state index in [0.29, 0.717) is 32.6 Å². The van der Waals surface area contributed by atoms with Gasteiger partial charge in [-0.2, -0.15) is 15.8 Å². The van der Waals surface area contributed by atoms with Crippen LogP contribution in [-0.2, 0) is 0 Å². The number of nitriles is 3. The van der Waals surface area contributed by atoms with Crippen LogP contribution in [0.5, 0.6) is 11.5 Å². The summed E-state index contributed by atoms with van der Waals surface area (Å²) < 4.78 is 12.0. The summed E-state index contributed by atoms with van der Waals surface area (Å²) >= 11 is 6.73. The summed E-state index contributed by atoms with van der Waals surface area (Å²) in [6, 6.07) is 7.12. The fourth-order valence-corrected chi connectivity index (χ4v) is 2.40. The highest BCUT2D eigenvalue weighted by Gasteiger charge is 2.17. The average molecular weight is 411 g/mol. The highest BCUT2D eigenvalue weighted by molar-refractivity contribution is 9.13. The zero-order valence-corrected chi connectivity index (χ0v) is 14.2. The zero-order chi connectivity index (χ0) is 15.8. The van der Waals surface area contributed by atoms with Crippen LogP contribution in [0, 0.1) is 34.0 Å². The second-order valence-corrected chi connectivity index (χ2v) is 5.17. The van der Waals surface area contributed by atoms with E-state index < -0.39 is 0 Å². The Morgan fingerprint density at radius 3 is 2.38 bits per heavy atom. The van der Waals surface area contributed by atoms with Gasteiger partial charge in [-0.3, -0.25) is 0 Å². The van der Waals surface area contributed by atoms with E-state index in [1.165, 1.54) is 6.08 Å². The minimum Gasteiger partial charge on any atom is -0.490 e. The minimum absolute atomic E-state index is 0.0317. The van der Waals surface area contributed by atoms with Crippen molar-refractivity contribution >= 4 is 37.9 Å². The van der Waals surface area contributed by atoms with Crippen molar-refractivity contribution in [2.45, 2.75) is 6.92 Å². The summed E-state index contributed by atoms with van der Waals surface area (Å²) in [6.07, 6.45) is 1.44. The van der Waals surface area contributed by atoms with Crippen LogP contribution in [0.3, 0.4) is 0 Å². The van der Waals surface area contributed by atoms with Crippen molar-refractivity contribution in [2.75, 3.05) is 13.2 Å². The minimum atomic E-state index is -0.123. The molecule has 5 nitrogen and oxygen atoms in total. The van der Waals surface area contributed by atoms with Gasteiger partial charge in [0, 0.05) is 4.47 Å². The molecule has 0 aliphatic carbocycles. The largest absolute Gasteiger partial charge is 0.490 e. The maximum atomic E-state index is 8.83. The lowest BCUT2D eigenvalue weighted by atomic mass is 10.1. The molecule has 0 radical (unpaired) electrons. The average Bonchev–Trinajstić information content (AvgIpc) is 2.49. The molecule has 1 aromatic carbocycles. The van der Waals surface area contributed by atoms with Crippen LogP contribution in [-0.4, -0.2) is 13.2 Å². The third-order valence-electron chi connectivity index (χ3n) is 2.28. The smallest absolute Gasteiger partial charge is 0.178 e. The van der Waals surface area contributed by atoms with E-state index in [0.717, 1.165) is 0 Å². The molecule has 0 N–H and O–H groups in total. The van der Waals surface area contributed by atoms with Crippen LogP contribution in [0.15, 0.2) is 20.6 Å². The van der Waals surface area contributed by atoms with Crippen LogP contribution in [0.25, 0.3) is 6.08 Å². The number of hydrogen-bond acceptors (Lipinski definition) is 5. The Kier molecular flexibility index (Phi) is 6.75. The van der Waals surface area contributed by atoms with Gasteiger partial charge in [-0.05, 0) is 56.5 Å². The van der Waals surface area contributed by atoms with Gasteiger partial charge in [0.15, 0.2) is 18.1 Å². The predicted molar refractivity (Wildman–Crippen MR) is 83.3 cm³/mol. The van der Waals surface area contributed by atoms with Crippen molar-refractivity contribution in [2.24, 2.45) is 0 Å². The Morgan fingerprint density at radius 2 is 1.86 bits per heavy atom. The van der Waals surface area contributed by atoms with E-state index >= 15 is 0 Å². The molecule has 1 aromatic rings. The maximum absolute atomic E-state index is 8.83. The lowest BCUT2D eigenvalue weighted by molar-refractivity contribution is 0.297. The Bertz CT molecular complexity index is 678. The zero-order valence-electron chi connectivity index (χ0n) is 11.0. The van der Waals surface area contributed by atoms with Gasteiger partial charge in [-0.15, -0.1) is 0 Å². The molecule has 7 heteroatoms. The summed E-state index contributed by atoms with van der Waals surface area (Å²) in [5.41, 5.74) is 0.559. The van der Waals surface area contributed by atoms with Gasteiger partial charge >= 0.3 is 0 Å². The molecule has 0 aromatic heterocycles. The normalized spacial score (nSPS) is 8.95. The van der Waals surface area contributed by atoms with Crippen LogP contribution in [0.2, 0.25) is 0 Å². The van der Waals surface area contributed by atoms with Gasteiger partial charge in [0.05, 0.1) is 11.1 Å². The molecule has 0 unspecified atom stereocenters. The van der Waals surface area contributed by atoms with Crippen molar-refractivity contribution < 1.29 is 9.47 Å². The van der Waals surface area contributed by atoms with Crippen molar-refractivity contribution in [3.63, 3.8) is 0 Å². The van der Waals surface area contributed by atoms with Crippen LogP contribution < -0.4 is 9.47 Å². The first-order valence-electron chi connectivity index (χ1n) is 5.75. The number of halogens is 2. The van der Waals surface area contributed by atoms with Gasteiger partial charge in [0.1, 0.15) is 23.8 Å². The van der Waals surface area contributed by atoms with Crippen LogP contribution in [0.1, 0.15) is 12.5 Å². The molecule has 0 atom stereocenters. The molecule has 1 rings (SSSR count). The first-order chi connectivity index (χ1) is 10.1. The molecule has 0 saturated heterocycles. The molecule has 0 spiro atoms. The number of allylic oxidation sites excluding steroid dienone is 1. The van der Waals surface area contributed by atoms with E-state index in [-0.39, 0.29) is 12.2 Å². The Balaban J connectivity index is 3.45. The standard InChI is InChI=1S/C14H9Br2N3O2/c1-2-20-11-6-10(5-9(7-18)8-19)12(15)13(16)14(11)21-4-3-17/h5-6H,2,4H2,1H3. The second-order valence-electron chi connectivity index (χ2n) is 3.58. The SMILES string of the molecule is CCOc1cc(C=C(C#N)C#N)c(Br)c(Br)c1OCC#N. The van der Waals surface area contributed by atoms with Gasteiger partial charge in [-0.25, -0.2) is 0 Å². The maximum Gasteiger partial charge on any atom is 0.178 e. The van der Waals surface area contributed by atoms with Crippen molar-refractivity contribution in [1.29, 1.82) is 15.8 Å². The lowest BCUT2D eigenvalue weighted by Gasteiger charge is -2.15. The van der Waals surface area contributed by atoms with E-state index in [9.17, 15) is 0 Å². The Labute approximate surface area is 139 Å². The van der Waals surface area contributed by atoms with Gasteiger partial charge < -0.3 is 9.47 Å². The lowest BCUT2D eigenvalue weighted by Crippen LogP contribution is -2.01. The van der Waals surface area contributed by atoms with E-state index in [4.69, 9.17) is 25.3 Å². The molecule has 0 fully saturated rings. The Hall–Kier alpha value is -2.01. The van der Waals surface area contributed by atoms with Crippen LogP contribution >= 0.6 is 31.9 Å². The van der Waals surface area contributed by atoms with E-state index in [2.05, 4.69) is 31.9 Å². The third-order valence-corrected chi connectivity index (χ3v) is 4.42. The molecule has 0 aliphatic heterocycles. The van der Waals surface area contributed by atoms with E-state index in [1.807, 2.05) is 13.0 Å². The highest BCUT2D eigenvalue weighted by atomic mass is 79.9. The number of hydrogen-bond donors (Lipinski definition) is 0. The predicted octanol–water partition coefficient (Wildman–Crippen LogP) is 3.94.